The summed E-state index contributed by atoms with van der Waals surface area (Å²) >= 11 is 0. The van der Waals surface area contributed by atoms with E-state index in [1.54, 1.807) is 25.3 Å². The van der Waals surface area contributed by atoms with Crippen molar-refractivity contribution < 1.29 is 14.3 Å². The molecule has 1 amide bonds. The van der Waals surface area contributed by atoms with Crippen molar-refractivity contribution in [3.05, 3.63) is 53.6 Å². The first-order valence-corrected chi connectivity index (χ1v) is 8.95. The molecule has 27 heavy (non-hydrogen) atoms. The Balaban J connectivity index is 1.81. The molecule has 0 unspecified atom stereocenters. The summed E-state index contributed by atoms with van der Waals surface area (Å²) in [6.45, 7) is 2.75. The molecule has 0 bridgehead atoms. The third-order valence-electron chi connectivity index (χ3n) is 4.34. The maximum Gasteiger partial charge on any atom is 0.279 e. The van der Waals surface area contributed by atoms with E-state index < -0.39 is 0 Å². The molecule has 0 spiro atoms. The van der Waals surface area contributed by atoms with Gasteiger partial charge in [0.2, 0.25) is 0 Å². The number of likely N-dealkylation sites (N-methyl/N-ethyl adjacent to an activating group) is 1. The Bertz CT molecular complexity index is 890. The Labute approximate surface area is 159 Å². The smallest absolute Gasteiger partial charge is 0.279 e. The number of ether oxygens (including phenoxy) is 2. The maximum absolute atomic E-state index is 12.4. The monoisotopic (exact) mass is 365 g/mol. The number of hydrogen-bond acceptors (Lipinski definition) is 5. The molecule has 140 valence electrons. The average molecular weight is 365 g/mol. The number of rotatable bonds is 7. The van der Waals surface area contributed by atoms with Gasteiger partial charge in [-0.15, -0.1) is 5.10 Å². The summed E-state index contributed by atoms with van der Waals surface area (Å²) in [4.78, 5) is 14.0. The van der Waals surface area contributed by atoms with Crippen LogP contribution in [0.1, 0.15) is 30.9 Å². The Morgan fingerprint density at radius 2 is 1.96 bits per heavy atom. The SMILES string of the molecule is CCCCOc1cc(/C=N\N=C2/C(=O)N(C)c3ccccc32)ccc1OC. The topological polar surface area (TPSA) is 63.5 Å². The van der Waals surface area contributed by atoms with E-state index in [-0.39, 0.29) is 5.91 Å². The van der Waals surface area contributed by atoms with Crippen molar-refractivity contribution in [2.45, 2.75) is 19.8 Å². The van der Waals surface area contributed by atoms with Crippen LogP contribution in [0.25, 0.3) is 0 Å². The van der Waals surface area contributed by atoms with Crippen LogP contribution in [-0.2, 0) is 4.79 Å². The van der Waals surface area contributed by atoms with Gasteiger partial charge in [0.25, 0.3) is 5.91 Å². The highest BCUT2D eigenvalue weighted by atomic mass is 16.5. The molecule has 0 N–H and O–H groups in total. The normalized spacial score (nSPS) is 14.9. The molecule has 0 aliphatic carbocycles. The second-order valence-electron chi connectivity index (χ2n) is 6.19. The number of benzene rings is 2. The Hall–Kier alpha value is -3.15. The molecule has 0 saturated heterocycles. The van der Waals surface area contributed by atoms with Crippen LogP contribution < -0.4 is 14.4 Å². The van der Waals surface area contributed by atoms with Gasteiger partial charge in [0.15, 0.2) is 17.2 Å². The minimum absolute atomic E-state index is 0.160. The lowest BCUT2D eigenvalue weighted by atomic mass is 10.1. The zero-order valence-corrected chi connectivity index (χ0v) is 15.8. The van der Waals surface area contributed by atoms with Crippen LogP contribution in [0, 0.1) is 0 Å². The third-order valence-corrected chi connectivity index (χ3v) is 4.34. The van der Waals surface area contributed by atoms with E-state index in [0.29, 0.717) is 23.8 Å². The summed E-state index contributed by atoms with van der Waals surface area (Å²) in [7, 11) is 3.35. The molecule has 0 aromatic heterocycles. The molecule has 0 fully saturated rings. The van der Waals surface area contributed by atoms with E-state index in [1.807, 2.05) is 42.5 Å². The molecular weight excluding hydrogens is 342 g/mol. The third kappa shape index (κ3) is 4.00. The van der Waals surface area contributed by atoms with Crippen LogP contribution in [0.4, 0.5) is 5.69 Å². The molecule has 2 aromatic rings. The Kier molecular flexibility index (Phi) is 5.86. The van der Waals surface area contributed by atoms with E-state index in [4.69, 9.17) is 9.47 Å². The van der Waals surface area contributed by atoms with E-state index in [9.17, 15) is 4.79 Å². The number of carbonyl (C=O) groups excluding carboxylic acids is 1. The number of hydrogen-bond donors (Lipinski definition) is 0. The van der Waals surface area contributed by atoms with Gasteiger partial charge in [-0.05, 0) is 36.2 Å². The molecule has 6 heteroatoms. The van der Waals surface area contributed by atoms with Crippen molar-refractivity contribution in [3.8, 4) is 11.5 Å². The second kappa shape index (κ2) is 8.49. The van der Waals surface area contributed by atoms with Crippen molar-refractivity contribution in [2.24, 2.45) is 10.2 Å². The molecule has 0 atom stereocenters. The van der Waals surface area contributed by atoms with Gasteiger partial charge in [0, 0.05) is 12.6 Å². The lowest BCUT2D eigenvalue weighted by molar-refractivity contribution is -0.111. The number of para-hydroxylation sites is 1. The van der Waals surface area contributed by atoms with Gasteiger partial charge in [-0.3, -0.25) is 4.79 Å². The fraction of sp³-hybridized carbons (Fsp3) is 0.286. The second-order valence-corrected chi connectivity index (χ2v) is 6.19. The summed E-state index contributed by atoms with van der Waals surface area (Å²) in [5.74, 6) is 1.19. The number of nitrogens with zero attached hydrogens (tertiary/aromatic N) is 3. The molecule has 1 heterocycles. The molecule has 1 aliphatic rings. The Morgan fingerprint density at radius 3 is 2.74 bits per heavy atom. The van der Waals surface area contributed by atoms with Crippen molar-refractivity contribution >= 4 is 23.5 Å². The van der Waals surface area contributed by atoms with Crippen LogP contribution in [0.15, 0.2) is 52.7 Å². The van der Waals surface area contributed by atoms with E-state index in [1.165, 1.54) is 0 Å². The van der Waals surface area contributed by atoms with Crippen LogP contribution in [0.5, 0.6) is 11.5 Å². The maximum atomic E-state index is 12.4. The fourth-order valence-corrected chi connectivity index (χ4v) is 2.81. The highest BCUT2D eigenvalue weighted by Gasteiger charge is 2.30. The molecule has 2 aromatic carbocycles. The van der Waals surface area contributed by atoms with Crippen LogP contribution in [0.2, 0.25) is 0 Å². The molecule has 0 radical (unpaired) electrons. The standard InChI is InChI=1S/C21H23N3O3/c1-4-5-12-27-19-13-15(10-11-18(19)26-3)14-22-23-20-16-8-6-7-9-17(16)24(2)21(20)25/h6-11,13-14H,4-5,12H2,1-3H3/b22-14-,23-20-. The van der Waals surface area contributed by atoms with Gasteiger partial charge in [-0.25, -0.2) is 0 Å². The average Bonchev–Trinajstić information content (AvgIpc) is 2.93. The largest absolute Gasteiger partial charge is 0.493 e. The quantitative estimate of drug-likeness (QED) is 0.427. The van der Waals surface area contributed by atoms with Gasteiger partial charge in [-0.1, -0.05) is 31.5 Å². The number of carbonyl (C=O) groups is 1. The molecule has 6 nitrogen and oxygen atoms in total. The van der Waals surface area contributed by atoms with E-state index in [0.717, 1.165) is 29.7 Å². The van der Waals surface area contributed by atoms with Gasteiger partial charge in [0.1, 0.15) is 0 Å². The van der Waals surface area contributed by atoms with Crippen molar-refractivity contribution in [2.75, 3.05) is 25.7 Å². The van der Waals surface area contributed by atoms with Crippen molar-refractivity contribution in [1.82, 2.24) is 0 Å². The summed E-state index contributed by atoms with van der Waals surface area (Å²) in [5.41, 5.74) is 2.80. The zero-order valence-electron chi connectivity index (χ0n) is 15.8. The molecule has 0 saturated carbocycles. The van der Waals surface area contributed by atoms with Crippen LogP contribution >= 0.6 is 0 Å². The number of amides is 1. The highest BCUT2D eigenvalue weighted by Crippen LogP contribution is 2.29. The van der Waals surface area contributed by atoms with Crippen LogP contribution in [-0.4, -0.2) is 38.6 Å². The lowest BCUT2D eigenvalue weighted by Gasteiger charge is -2.10. The van der Waals surface area contributed by atoms with Gasteiger partial charge in [-0.2, -0.15) is 5.10 Å². The van der Waals surface area contributed by atoms with E-state index >= 15 is 0 Å². The van der Waals surface area contributed by atoms with Crippen LogP contribution in [0.3, 0.4) is 0 Å². The minimum Gasteiger partial charge on any atom is -0.493 e. The zero-order chi connectivity index (χ0) is 19.2. The van der Waals surface area contributed by atoms with Crippen molar-refractivity contribution in [1.29, 1.82) is 0 Å². The number of methoxy groups -OCH3 is 1. The Morgan fingerprint density at radius 1 is 1.15 bits per heavy atom. The summed E-state index contributed by atoms with van der Waals surface area (Å²) in [5, 5.41) is 8.28. The minimum atomic E-state index is -0.160. The summed E-state index contributed by atoms with van der Waals surface area (Å²) < 4.78 is 11.1. The number of unbranched alkanes of at least 4 members (excludes halogenated alkanes) is 1. The number of fused-ring (bicyclic) bond motifs is 1. The first-order valence-electron chi connectivity index (χ1n) is 8.95. The molecule has 1 aliphatic heterocycles. The summed E-state index contributed by atoms with van der Waals surface area (Å²) in [6.07, 6.45) is 3.64. The first kappa shape index (κ1) is 18.6. The van der Waals surface area contributed by atoms with E-state index in [2.05, 4.69) is 17.1 Å². The van der Waals surface area contributed by atoms with Crippen molar-refractivity contribution in [3.63, 3.8) is 0 Å². The summed E-state index contributed by atoms with van der Waals surface area (Å²) in [6, 6.07) is 13.1. The fourth-order valence-electron chi connectivity index (χ4n) is 2.81. The van der Waals surface area contributed by atoms with Gasteiger partial charge in [0.05, 0.1) is 25.6 Å². The molecular formula is C21H23N3O3. The predicted molar refractivity (Wildman–Crippen MR) is 107 cm³/mol. The predicted octanol–water partition coefficient (Wildman–Crippen LogP) is 3.67. The molecule has 3 rings (SSSR count). The van der Waals surface area contributed by atoms with Gasteiger partial charge >= 0.3 is 0 Å². The number of anilines is 1. The highest BCUT2D eigenvalue weighted by molar-refractivity contribution is 6.54. The first-order chi connectivity index (χ1) is 13.2. The lowest BCUT2D eigenvalue weighted by Crippen LogP contribution is -2.25. The van der Waals surface area contributed by atoms with Gasteiger partial charge < -0.3 is 14.4 Å².